The van der Waals surface area contributed by atoms with E-state index in [4.69, 9.17) is 9.05 Å². The van der Waals surface area contributed by atoms with Gasteiger partial charge >= 0.3 is 0 Å². The maximum atomic E-state index is 12.9. The SMILES string of the molecule is CCCCCCCc1nc(-c2ccc(S(=O)(=O)Nc3ccc(CCNCC(O)c4cc(C)no4)cc3)cc2)no1. The number of anilines is 1. The Labute approximate surface area is 235 Å². The van der Waals surface area contributed by atoms with Crippen molar-refractivity contribution in [3.05, 3.63) is 77.5 Å². The molecule has 10 nitrogen and oxygen atoms in total. The minimum Gasteiger partial charge on any atom is -0.384 e. The Kier molecular flexibility index (Phi) is 10.5. The van der Waals surface area contributed by atoms with Gasteiger partial charge in [0, 0.05) is 30.3 Å². The molecular formula is C29H37N5O5S. The van der Waals surface area contributed by atoms with Crippen LogP contribution in [0.5, 0.6) is 0 Å². The van der Waals surface area contributed by atoms with E-state index in [9.17, 15) is 13.5 Å². The zero-order valence-corrected chi connectivity index (χ0v) is 23.8. The van der Waals surface area contributed by atoms with Crippen molar-refractivity contribution in [1.82, 2.24) is 20.6 Å². The van der Waals surface area contributed by atoms with Crippen LogP contribution in [0.25, 0.3) is 11.4 Å². The quantitative estimate of drug-likeness (QED) is 0.155. The topological polar surface area (TPSA) is 143 Å². The van der Waals surface area contributed by atoms with Gasteiger partial charge < -0.3 is 19.5 Å². The highest BCUT2D eigenvalue weighted by Gasteiger charge is 2.16. The Morgan fingerprint density at radius 3 is 2.38 bits per heavy atom. The van der Waals surface area contributed by atoms with Crippen molar-refractivity contribution in [2.75, 3.05) is 17.8 Å². The predicted molar refractivity (Wildman–Crippen MR) is 152 cm³/mol. The van der Waals surface area contributed by atoms with Crippen LogP contribution in [0.15, 0.2) is 68.5 Å². The molecule has 11 heteroatoms. The second kappa shape index (κ2) is 14.2. The molecular weight excluding hydrogens is 530 g/mol. The number of rotatable bonds is 16. The van der Waals surface area contributed by atoms with Gasteiger partial charge in [-0.15, -0.1) is 0 Å². The van der Waals surface area contributed by atoms with Crippen LogP contribution in [0.1, 0.15) is 68.0 Å². The number of sulfonamides is 1. The van der Waals surface area contributed by atoms with Gasteiger partial charge in [-0.25, -0.2) is 8.42 Å². The number of nitrogens with zero attached hydrogens (tertiary/aromatic N) is 3. The van der Waals surface area contributed by atoms with E-state index in [0.29, 0.717) is 48.2 Å². The number of aryl methyl sites for hydroxylation is 2. The summed E-state index contributed by atoms with van der Waals surface area (Å²) < 4.78 is 38.9. The monoisotopic (exact) mass is 567 g/mol. The van der Waals surface area contributed by atoms with E-state index >= 15 is 0 Å². The van der Waals surface area contributed by atoms with E-state index in [2.05, 4.69) is 32.3 Å². The van der Waals surface area contributed by atoms with Crippen LogP contribution in [-0.2, 0) is 22.9 Å². The van der Waals surface area contributed by atoms with Gasteiger partial charge in [-0.3, -0.25) is 4.72 Å². The number of unbranched alkanes of at least 4 members (excludes halogenated alkanes) is 4. The van der Waals surface area contributed by atoms with Gasteiger partial charge in [0.2, 0.25) is 11.7 Å². The zero-order valence-electron chi connectivity index (χ0n) is 23.0. The third-order valence-electron chi connectivity index (χ3n) is 6.49. The Morgan fingerprint density at radius 1 is 0.925 bits per heavy atom. The van der Waals surface area contributed by atoms with E-state index in [1.54, 1.807) is 37.3 Å². The van der Waals surface area contributed by atoms with Crippen LogP contribution < -0.4 is 10.0 Å². The first-order valence-electron chi connectivity index (χ1n) is 13.7. The van der Waals surface area contributed by atoms with E-state index < -0.39 is 16.1 Å². The number of hydrogen-bond acceptors (Lipinski definition) is 9. The van der Waals surface area contributed by atoms with Crippen molar-refractivity contribution in [3.8, 4) is 11.4 Å². The maximum Gasteiger partial charge on any atom is 0.261 e. The van der Waals surface area contributed by atoms with Crippen LogP contribution >= 0.6 is 0 Å². The van der Waals surface area contributed by atoms with Crippen molar-refractivity contribution >= 4 is 15.7 Å². The lowest BCUT2D eigenvalue weighted by Crippen LogP contribution is -2.23. The molecule has 1 unspecified atom stereocenters. The van der Waals surface area contributed by atoms with E-state index in [0.717, 1.165) is 30.5 Å². The molecule has 4 aromatic rings. The Balaban J connectivity index is 1.24. The highest BCUT2D eigenvalue weighted by Crippen LogP contribution is 2.22. The molecule has 1 atom stereocenters. The molecule has 0 spiro atoms. The zero-order chi connectivity index (χ0) is 28.4. The van der Waals surface area contributed by atoms with Crippen molar-refractivity contribution in [2.24, 2.45) is 0 Å². The van der Waals surface area contributed by atoms with Crippen molar-refractivity contribution in [3.63, 3.8) is 0 Å². The first-order chi connectivity index (χ1) is 19.3. The second-order valence-corrected chi connectivity index (χ2v) is 11.5. The lowest BCUT2D eigenvalue weighted by atomic mass is 10.1. The molecule has 0 bridgehead atoms. The number of aromatic nitrogens is 3. The van der Waals surface area contributed by atoms with Crippen LogP contribution in [0.4, 0.5) is 5.69 Å². The first-order valence-corrected chi connectivity index (χ1v) is 15.2. The van der Waals surface area contributed by atoms with Gasteiger partial charge in [0.05, 0.1) is 10.6 Å². The smallest absolute Gasteiger partial charge is 0.261 e. The van der Waals surface area contributed by atoms with Crippen LogP contribution in [0, 0.1) is 6.92 Å². The third-order valence-corrected chi connectivity index (χ3v) is 7.89. The lowest BCUT2D eigenvalue weighted by Gasteiger charge is -2.10. The summed E-state index contributed by atoms with van der Waals surface area (Å²) in [6.07, 6.45) is 6.50. The largest absolute Gasteiger partial charge is 0.384 e. The van der Waals surface area contributed by atoms with E-state index in [1.165, 1.54) is 31.4 Å². The summed E-state index contributed by atoms with van der Waals surface area (Å²) >= 11 is 0. The number of hydrogen-bond donors (Lipinski definition) is 3. The molecule has 0 aliphatic heterocycles. The minimum atomic E-state index is -3.76. The second-order valence-electron chi connectivity index (χ2n) is 9.84. The molecule has 0 aliphatic carbocycles. The lowest BCUT2D eigenvalue weighted by molar-refractivity contribution is 0.138. The van der Waals surface area contributed by atoms with Crippen LogP contribution in [0.3, 0.4) is 0 Å². The summed E-state index contributed by atoms with van der Waals surface area (Å²) in [7, 11) is -3.76. The van der Waals surface area contributed by atoms with Crippen molar-refractivity contribution in [2.45, 2.75) is 69.8 Å². The maximum absolute atomic E-state index is 12.9. The van der Waals surface area contributed by atoms with Crippen molar-refractivity contribution in [1.29, 1.82) is 0 Å². The van der Waals surface area contributed by atoms with Gasteiger partial charge in [0.15, 0.2) is 5.76 Å². The predicted octanol–water partition coefficient (Wildman–Crippen LogP) is 5.21. The molecule has 2 heterocycles. The highest BCUT2D eigenvalue weighted by molar-refractivity contribution is 7.92. The van der Waals surface area contributed by atoms with Gasteiger partial charge in [-0.05, 0) is 68.3 Å². The molecule has 0 amide bonds. The number of aliphatic hydroxyl groups excluding tert-OH is 1. The summed E-state index contributed by atoms with van der Waals surface area (Å²) in [4.78, 5) is 4.59. The molecule has 2 aromatic carbocycles. The molecule has 4 rings (SSSR count). The molecule has 0 saturated heterocycles. The van der Waals surface area contributed by atoms with Gasteiger partial charge in [-0.1, -0.05) is 55.1 Å². The van der Waals surface area contributed by atoms with Crippen LogP contribution in [-0.4, -0.2) is 41.9 Å². The fraction of sp³-hybridized carbons (Fsp3) is 0.414. The van der Waals surface area contributed by atoms with Crippen molar-refractivity contribution < 1.29 is 22.6 Å². The Hall–Kier alpha value is -3.54. The molecule has 3 N–H and O–H groups in total. The van der Waals surface area contributed by atoms with Gasteiger partial charge in [0.1, 0.15) is 6.10 Å². The van der Waals surface area contributed by atoms with Crippen LogP contribution in [0.2, 0.25) is 0 Å². The minimum absolute atomic E-state index is 0.143. The van der Waals surface area contributed by atoms with E-state index in [-0.39, 0.29) is 4.90 Å². The Bertz CT molecular complexity index is 1430. The molecule has 0 radical (unpaired) electrons. The average molecular weight is 568 g/mol. The van der Waals surface area contributed by atoms with E-state index in [1.807, 2.05) is 12.1 Å². The molecule has 40 heavy (non-hydrogen) atoms. The summed E-state index contributed by atoms with van der Waals surface area (Å²) in [5, 5.41) is 21.1. The molecule has 0 fully saturated rings. The molecule has 2 aromatic heterocycles. The standard InChI is InChI=1S/C29H37N5O5S/c1-3-4-5-6-7-8-28-31-29(33-39-28)23-11-15-25(16-12-23)40(36,37)34-24-13-9-22(10-14-24)17-18-30-20-26(35)27-19-21(2)32-38-27/h9-16,19,26,30,34-35H,3-8,17-18,20H2,1-2H3. The fourth-order valence-corrected chi connectivity index (χ4v) is 5.26. The summed E-state index contributed by atoms with van der Waals surface area (Å²) in [5.74, 6) is 1.49. The summed E-state index contributed by atoms with van der Waals surface area (Å²) in [6.45, 7) is 4.98. The number of aliphatic hydroxyl groups is 1. The van der Waals surface area contributed by atoms with Gasteiger partial charge in [-0.2, -0.15) is 4.98 Å². The molecule has 0 saturated carbocycles. The Morgan fingerprint density at radius 2 is 1.68 bits per heavy atom. The molecule has 214 valence electrons. The summed E-state index contributed by atoms with van der Waals surface area (Å²) in [6, 6.07) is 15.4. The summed E-state index contributed by atoms with van der Waals surface area (Å²) in [5.41, 5.74) is 2.92. The van der Waals surface area contributed by atoms with Gasteiger partial charge in [0.25, 0.3) is 10.0 Å². The average Bonchev–Trinajstić information content (AvgIpc) is 3.61. The number of benzene rings is 2. The third kappa shape index (κ3) is 8.48. The molecule has 0 aliphatic rings. The normalized spacial score (nSPS) is 12.5. The fourth-order valence-electron chi connectivity index (χ4n) is 4.20. The highest BCUT2D eigenvalue weighted by atomic mass is 32.2. The first kappa shape index (κ1) is 29.4. The number of nitrogens with one attached hydrogen (secondary N) is 2.